The Balaban J connectivity index is 1.86. The first kappa shape index (κ1) is 14.8. The van der Waals surface area contributed by atoms with Gasteiger partial charge in [0.25, 0.3) is 5.91 Å². The van der Waals surface area contributed by atoms with E-state index in [0.717, 1.165) is 46.0 Å². The minimum absolute atomic E-state index is 0.00321. The molecule has 0 fully saturated rings. The van der Waals surface area contributed by atoms with Crippen LogP contribution in [0.4, 0.5) is 0 Å². The van der Waals surface area contributed by atoms with Gasteiger partial charge in [-0.05, 0) is 30.7 Å². The number of rotatable bonds is 5. The number of aromatic nitrogens is 2. The Kier molecular flexibility index (Phi) is 4.24. The summed E-state index contributed by atoms with van der Waals surface area (Å²) >= 11 is 1.49. The highest BCUT2D eigenvalue weighted by molar-refractivity contribution is 7.17. The Morgan fingerprint density at radius 3 is 2.86 bits per heavy atom. The van der Waals surface area contributed by atoms with Crippen molar-refractivity contribution in [1.29, 1.82) is 0 Å². The van der Waals surface area contributed by atoms with Crippen LogP contribution in [0.25, 0.3) is 21.7 Å². The SMILES string of the molecule is CCCCNC(=O)c1ccc(-c2nc3ccccc3n2C)s1. The fraction of sp³-hybridized carbons (Fsp3) is 0.294. The van der Waals surface area contributed by atoms with Crippen molar-refractivity contribution in [3.8, 4) is 10.7 Å². The quantitative estimate of drug-likeness (QED) is 0.728. The summed E-state index contributed by atoms with van der Waals surface area (Å²) in [5, 5.41) is 2.95. The number of benzene rings is 1. The molecule has 0 aliphatic heterocycles. The molecule has 0 aliphatic carbocycles. The first-order valence-electron chi connectivity index (χ1n) is 7.50. The van der Waals surface area contributed by atoms with Crippen molar-refractivity contribution in [3.63, 3.8) is 0 Å². The van der Waals surface area contributed by atoms with Crippen LogP contribution < -0.4 is 5.32 Å². The van der Waals surface area contributed by atoms with Gasteiger partial charge in [-0.25, -0.2) is 4.98 Å². The third kappa shape index (κ3) is 2.76. The molecule has 3 rings (SSSR count). The number of fused-ring (bicyclic) bond motifs is 1. The van der Waals surface area contributed by atoms with Crippen LogP contribution in [0, 0.1) is 0 Å². The summed E-state index contributed by atoms with van der Waals surface area (Å²) in [4.78, 5) is 18.5. The number of amides is 1. The van der Waals surface area contributed by atoms with Crippen molar-refractivity contribution < 1.29 is 4.79 Å². The van der Waals surface area contributed by atoms with Crippen molar-refractivity contribution in [2.75, 3.05) is 6.54 Å². The summed E-state index contributed by atoms with van der Waals surface area (Å²) in [5.41, 5.74) is 2.07. The first-order valence-corrected chi connectivity index (χ1v) is 8.32. The van der Waals surface area contributed by atoms with E-state index in [1.807, 2.05) is 37.4 Å². The molecule has 1 amide bonds. The molecule has 5 heteroatoms. The fourth-order valence-corrected chi connectivity index (χ4v) is 3.36. The number of aryl methyl sites for hydroxylation is 1. The maximum atomic E-state index is 12.1. The van der Waals surface area contributed by atoms with Crippen LogP contribution in [0.5, 0.6) is 0 Å². The van der Waals surface area contributed by atoms with Gasteiger partial charge in [0.05, 0.1) is 20.8 Å². The topological polar surface area (TPSA) is 46.9 Å². The molecule has 3 aromatic rings. The van der Waals surface area contributed by atoms with E-state index < -0.39 is 0 Å². The van der Waals surface area contributed by atoms with Gasteiger partial charge in [-0.15, -0.1) is 11.3 Å². The van der Waals surface area contributed by atoms with E-state index in [9.17, 15) is 4.79 Å². The number of hydrogen-bond donors (Lipinski definition) is 1. The molecule has 22 heavy (non-hydrogen) atoms. The molecule has 4 nitrogen and oxygen atoms in total. The van der Waals surface area contributed by atoms with Gasteiger partial charge < -0.3 is 9.88 Å². The summed E-state index contributed by atoms with van der Waals surface area (Å²) in [5.74, 6) is 0.905. The van der Waals surface area contributed by atoms with Crippen molar-refractivity contribution in [1.82, 2.24) is 14.9 Å². The minimum Gasteiger partial charge on any atom is -0.351 e. The average Bonchev–Trinajstić information content (AvgIpc) is 3.13. The van der Waals surface area contributed by atoms with Crippen LogP contribution in [0.1, 0.15) is 29.4 Å². The maximum Gasteiger partial charge on any atom is 0.261 e. The molecule has 0 saturated carbocycles. The predicted molar refractivity (Wildman–Crippen MR) is 91.3 cm³/mol. The zero-order valence-electron chi connectivity index (χ0n) is 12.8. The van der Waals surface area contributed by atoms with Crippen LogP contribution in [0.2, 0.25) is 0 Å². The van der Waals surface area contributed by atoms with E-state index >= 15 is 0 Å². The van der Waals surface area contributed by atoms with Gasteiger partial charge in [-0.1, -0.05) is 25.5 Å². The molecule has 0 saturated heterocycles. The molecule has 1 N–H and O–H groups in total. The van der Waals surface area contributed by atoms with Crippen molar-refractivity contribution in [2.45, 2.75) is 19.8 Å². The molecule has 0 atom stereocenters. The highest BCUT2D eigenvalue weighted by Gasteiger charge is 2.14. The van der Waals surface area contributed by atoms with Gasteiger partial charge in [-0.3, -0.25) is 4.79 Å². The molecule has 114 valence electrons. The molecule has 0 spiro atoms. The van der Waals surface area contributed by atoms with Crippen LogP contribution in [-0.2, 0) is 7.05 Å². The lowest BCUT2D eigenvalue weighted by Crippen LogP contribution is -2.23. The summed E-state index contributed by atoms with van der Waals surface area (Å²) in [7, 11) is 2.01. The smallest absolute Gasteiger partial charge is 0.261 e. The zero-order chi connectivity index (χ0) is 15.5. The van der Waals surface area contributed by atoms with E-state index in [1.165, 1.54) is 11.3 Å². The third-order valence-electron chi connectivity index (χ3n) is 3.65. The van der Waals surface area contributed by atoms with E-state index in [4.69, 9.17) is 0 Å². The number of carbonyl (C=O) groups is 1. The second-order valence-electron chi connectivity index (χ2n) is 5.26. The monoisotopic (exact) mass is 313 g/mol. The highest BCUT2D eigenvalue weighted by Crippen LogP contribution is 2.29. The lowest BCUT2D eigenvalue weighted by Gasteiger charge is -2.01. The summed E-state index contributed by atoms with van der Waals surface area (Å²) in [6.45, 7) is 2.84. The number of nitrogens with zero attached hydrogens (tertiary/aromatic N) is 2. The van der Waals surface area contributed by atoms with Crippen LogP contribution in [-0.4, -0.2) is 22.0 Å². The Labute approximate surface area is 133 Å². The number of para-hydroxylation sites is 2. The standard InChI is InChI=1S/C17H19N3OS/c1-3-4-11-18-17(21)15-10-9-14(22-15)16-19-12-7-5-6-8-13(12)20(16)2/h5-10H,3-4,11H2,1-2H3,(H,18,21). The van der Waals surface area contributed by atoms with Gasteiger partial charge in [-0.2, -0.15) is 0 Å². The number of nitrogens with one attached hydrogen (secondary N) is 1. The molecule has 0 unspecified atom stereocenters. The van der Waals surface area contributed by atoms with E-state index in [2.05, 4.69) is 27.9 Å². The zero-order valence-corrected chi connectivity index (χ0v) is 13.6. The van der Waals surface area contributed by atoms with Crippen LogP contribution in [0.3, 0.4) is 0 Å². The minimum atomic E-state index is 0.00321. The number of imidazole rings is 1. The molecule has 2 heterocycles. The molecular weight excluding hydrogens is 294 g/mol. The van der Waals surface area contributed by atoms with Crippen LogP contribution in [0.15, 0.2) is 36.4 Å². The van der Waals surface area contributed by atoms with Crippen molar-refractivity contribution in [3.05, 3.63) is 41.3 Å². The Morgan fingerprint density at radius 1 is 1.27 bits per heavy atom. The predicted octanol–water partition coefficient (Wildman–Crippen LogP) is 3.83. The van der Waals surface area contributed by atoms with Gasteiger partial charge >= 0.3 is 0 Å². The number of unbranched alkanes of at least 4 members (excludes halogenated alkanes) is 1. The van der Waals surface area contributed by atoms with Gasteiger partial charge in [0, 0.05) is 13.6 Å². The molecular formula is C17H19N3OS. The first-order chi connectivity index (χ1) is 10.7. The Hall–Kier alpha value is -2.14. The van der Waals surface area contributed by atoms with E-state index in [-0.39, 0.29) is 5.91 Å². The fourth-order valence-electron chi connectivity index (χ4n) is 2.41. The van der Waals surface area contributed by atoms with Crippen molar-refractivity contribution >= 4 is 28.3 Å². The lowest BCUT2D eigenvalue weighted by atomic mass is 10.3. The van der Waals surface area contributed by atoms with Gasteiger partial charge in [0.1, 0.15) is 0 Å². The third-order valence-corrected chi connectivity index (χ3v) is 4.73. The maximum absolute atomic E-state index is 12.1. The molecule has 1 aromatic carbocycles. The van der Waals surface area contributed by atoms with Gasteiger partial charge in [0.15, 0.2) is 5.82 Å². The number of thiophene rings is 1. The Morgan fingerprint density at radius 2 is 2.09 bits per heavy atom. The second kappa shape index (κ2) is 6.32. The summed E-state index contributed by atoms with van der Waals surface area (Å²) in [6.07, 6.45) is 2.09. The van der Waals surface area contributed by atoms with E-state index in [0.29, 0.717) is 0 Å². The highest BCUT2D eigenvalue weighted by atomic mass is 32.1. The molecule has 0 radical (unpaired) electrons. The molecule has 0 bridgehead atoms. The molecule has 2 aromatic heterocycles. The summed E-state index contributed by atoms with van der Waals surface area (Å²) < 4.78 is 2.07. The normalized spacial score (nSPS) is 11.0. The van der Waals surface area contributed by atoms with E-state index in [1.54, 1.807) is 0 Å². The van der Waals surface area contributed by atoms with Crippen LogP contribution >= 0.6 is 11.3 Å². The lowest BCUT2D eigenvalue weighted by molar-refractivity contribution is 0.0957. The second-order valence-corrected chi connectivity index (χ2v) is 6.34. The number of carbonyl (C=O) groups excluding carboxylic acids is 1. The van der Waals surface area contributed by atoms with Crippen molar-refractivity contribution in [2.24, 2.45) is 7.05 Å². The van der Waals surface area contributed by atoms with Gasteiger partial charge in [0.2, 0.25) is 0 Å². The number of hydrogen-bond acceptors (Lipinski definition) is 3. The molecule has 0 aliphatic rings. The largest absolute Gasteiger partial charge is 0.351 e. The summed E-state index contributed by atoms with van der Waals surface area (Å²) in [6, 6.07) is 11.9. The average molecular weight is 313 g/mol. The Bertz CT molecular complexity index is 803.